The number of hydrogen-bond acceptors (Lipinski definition) is 8. The molecule has 0 radical (unpaired) electrons. The molecule has 0 fully saturated rings. The van der Waals surface area contributed by atoms with Crippen LogP contribution in [0.4, 0.5) is 5.00 Å². The summed E-state index contributed by atoms with van der Waals surface area (Å²) < 4.78 is 7.11. The van der Waals surface area contributed by atoms with E-state index in [9.17, 15) is 14.4 Å². The first-order valence-electron chi connectivity index (χ1n) is 8.73. The molecule has 0 aliphatic rings. The molecule has 152 valence electrons. The quantitative estimate of drug-likeness (QED) is 0.243. The molecule has 3 rings (SSSR count). The molecule has 1 N–H and O–H groups in total. The number of carbonyl (C=O) groups excluding carboxylic acids is 2. The van der Waals surface area contributed by atoms with E-state index in [-0.39, 0.29) is 17.2 Å². The highest BCUT2D eigenvalue weighted by molar-refractivity contribution is 7.99. The molecule has 3 heterocycles. The Kier molecular flexibility index (Phi) is 6.88. The van der Waals surface area contributed by atoms with Crippen molar-refractivity contribution >= 4 is 61.5 Å². The van der Waals surface area contributed by atoms with Gasteiger partial charge in [0.05, 0.1) is 22.9 Å². The van der Waals surface area contributed by atoms with E-state index in [1.165, 1.54) is 39.0 Å². The number of nitrogens with one attached hydrogen (secondary N) is 1. The zero-order chi connectivity index (χ0) is 21.0. The van der Waals surface area contributed by atoms with Gasteiger partial charge in [-0.2, -0.15) is 0 Å². The van der Waals surface area contributed by atoms with Gasteiger partial charge in [0.2, 0.25) is 5.91 Å². The van der Waals surface area contributed by atoms with Crippen LogP contribution < -0.4 is 10.9 Å². The van der Waals surface area contributed by atoms with E-state index in [1.807, 2.05) is 5.38 Å². The van der Waals surface area contributed by atoms with Gasteiger partial charge in [0.25, 0.3) is 5.56 Å². The molecular weight excluding hydrogens is 430 g/mol. The number of carbonyl (C=O) groups is 2. The maximum atomic E-state index is 12.6. The van der Waals surface area contributed by atoms with Crippen molar-refractivity contribution in [3.63, 3.8) is 0 Å². The summed E-state index contributed by atoms with van der Waals surface area (Å²) in [5.74, 6) is -0.576. The lowest BCUT2D eigenvalue weighted by atomic mass is 10.3. The maximum absolute atomic E-state index is 12.6. The maximum Gasteiger partial charge on any atom is 0.348 e. The number of rotatable bonds is 8. The fourth-order valence-electron chi connectivity index (χ4n) is 2.57. The average molecular weight is 450 g/mol. The normalized spacial score (nSPS) is 10.8. The summed E-state index contributed by atoms with van der Waals surface area (Å²) in [4.78, 5) is 41.9. The van der Waals surface area contributed by atoms with Crippen LogP contribution in [0.15, 0.2) is 40.1 Å². The van der Waals surface area contributed by atoms with E-state index in [2.05, 4.69) is 16.9 Å². The van der Waals surface area contributed by atoms with E-state index in [0.29, 0.717) is 38.4 Å². The zero-order valence-corrected chi connectivity index (χ0v) is 18.3. The summed E-state index contributed by atoms with van der Waals surface area (Å²) in [7, 11) is 0. The Balaban J connectivity index is 1.72. The predicted octanol–water partition coefficient (Wildman–Crippen LogP) is 3.92. The van der Waals surface area contributed by atoms with E-state index in [0.717, 1.165) is 5.56 Å². The molecule has 29 heavy (non-hydrogen) atoms. The zero-order valence-electron chi connectivity index (χ0n) is 15.9. The highest BCUT2D eigenvalue weighted by Gasteiger charge is 2.17. The summed E-state index contributed by atoms with van der Waals surface area (Å²) in [5.41, 5.74) is 1.23. The second-order valence-electron chi connectivity index (χ2n) is 5.91. The Bertz CT molecular complexity index is 1130. The topological polar surface area (TPSA) is 90.3 Å². The van der Waals surface area contributed by atoms with Crippen molar-refractivity contribution in [2.45, 2.75) is 25.5 Å². The summed E-state index contributed by atoms with van der Waals surface area (Å²) in [6.45, 7) is 7.83. The first-order valence-corrected chi connectivity index (χ1v) is 11.4. The number of esters is 1. The molecule has 0 bridgehead atoms. The summed E-state index contributed by atoms with van der Waals surface area (Å²) >= 11 is 3.70. The highest BCUT2D eigenvalue weighted by atomic mass is 32.2. The number of anilines is 1. The molecule has 10 heteroatoms. The van der Waals surface area contributed by atoms with Crippen molar-refractivity contribution < 1.29 is 14.3 Å². The molecule has 0 saturated carbocycles. The van der Waals surface area contributed by atoms with Gasteiger partial charge in [0.15, 0.2) is 5.16 Å². The number of allylic oxidation sites excluding steroid dienone is 1. The van der Waals surface area contributed by atoms with Crippen LogP contribution in [0.1, 0.15) is 22.2 Å². The lowest BCUT2D eigenvalue weighted by Crippen LogP contribution is -2.23. The molecule has 7 nitrogen and oxygen atoms in total. The number of thioether (sulfide) groups is 1. The molecule has 0 saturated heterocycles. The predicted molar refractivity (Wildman–Crippen MR) is 118 cm³/mol. The molecule has 0 aromatic carbocycles. The third kappa shape index (κ3) is 4.77. The van der Waals surface area contributed by atoms with Crippen LogP contribution >= 0.6 is 34.4 Å². The molecule has 3 aromatic heterocycles. The van der Waals surface area contributed by atoms with Crippen LogP contribution in [0.2, 0.25) is 0 Å². The lowest BCUT2D eigenvalue weighted by molar-refractivity contribution is -0.113. The largest absolute Gasteiger partial charge is 0.462 e. The summed E-state index contributed by atoms with van der Waals surface area (Å²) in [5, 5.41) is 5.64. The SMILES string of the molecule is C=CCn1c(SCC(=O)Nc2cc(C)c(C(=O)OCC)s2)nc2ccsc2c1=O. The van der Waals surface area contributed by atoms with Crippen LogP contribution in [-0.2, 0) is 16.1 Å². The minimum absolute atomic E-state index is 0.0743. The number of ether oxygens (including phenoxy) is 1. The van der Waals surface area contributed by atoms with Gasteiger partial charge in [-0.25, -0.2) is 9.78 Å². The second kappa shape index (κ2) is 9.38. The fraction of sp³-hybridized carbons (Fsp3) is 0.263. The van der Waals surface area contributed by atoms with E-state index >= 15 is 0 Å². The van der Waals surface area contributed by atoms with Gasteiger partial charge in [-0.3, -0.25) is 14.2 Å². The van der Waals surface area contributed by atoms with Crippen molar-refractivity contribution in [3.05, 3.63) is 51.0 Å². The summed E-state index contributed by atoms with van der Waals surface area (Å²) in [6, 6.07) is 3.53. The number of hydrogen-bond donors (Lipinski definition) is 1. The molecule has 0 atom stereocenters. The molecular formula is C19H19N3O4S3. The van der Waals surface area contributed by atoms with Crippen molar-refractivity contribution in [3.8, 4) is 0 Å². The number of nitrogens with zero attached hydrogens (tertiary/aromatic N) is 2. The average Bonchev–Trinajstić information content (AvgIpc) is 3.29. The molecule has 0 aliphatic heterocycles. The molecule has 1 amide bonds. The number of thiophene rings is 2. The summed E-state index contributed by atoms with van der Waals surface area (Å²) in [6.07, 6.45) is 1.62. The smallest absolute Gasteiger partial charge is 0.348 e. The molecule has 0 aliphatic carbocycles. The second-order valence-corrected chi connectivity index (χ2v) is 8.82. The Morgan fingerprint density at radius 1 is 1.45 bits per heavy atom. The van der Waals surface area contributed by atoms with Crippen LogP contribution in [0.5, 0.6) is 0 Å². The first-order chi connectivity index (χ1) is 13.9. The van der Waals surface area contributed by atoms with E-state index < -0.39 is 5.97 Å². The van der Waals surface area contributed by atoms with Gasteiger partial charge in [0.1, 0.15) is 9.58 Å². The molecule has 3 aromatic rings. The van der Waals surface area contributed by atoms with Crippen molar-refractivity contribution in [2.24, 2.45) is 0 Å². The van der Waals surface area contributed by atoms with Gasteiger partial charge in [0, 0.05) is 6.54 Å². The Morgan fingerprint density at radius 3 is 2.97 bits per heavy atom. The van der Waals surface area contributed by atoms with Crippen LogP contribution in [0.25, 0.3) is 10.2 Å². The number of amides is 1. The highest BCUT2D eigenvalue weighted by Crippen LogP contribution is 2.28. The minimum atomic E-state index is -0.397. The molecule has 0 spiro atoms. The number of fused-ring (bicyclic) bond motifs is 1. The fourth-order valence-corrected chi connectivity index (χ4v) is 5.14. The van der Waals surface area contributed by atoms with E-state index in [1.54, 1.807) is 32.1 Å². The Labute approximate surface area is 179 Å². The monoisotopic (exact) mass is 449 g/mol. The van der Waals surface area contributed by atoms with Gasteiger partial charge in [-0.05, 0) is 36.9 Å². The first kappa shape index (κ1) is 21.3. The van der Waals surface area contributed by atoms with Crippen LogP contribution in [-0.4, -0.2) is 33.8 Å². The van der Waals surface area contributed by atoms with Crippen molar-refractivity contribution in [1.82, 2.24) is 9.55 Å². The van der Waals surface area contributed by atoms with Gasteiger partial charge in [-0.15, -0.1) is 29.3 Å². The molecule has 0 unspecified atom stereocenters. The van der Waals surface area contributed by atoms with Crippen molar-refractivity contribution in [1.29, 1.82) is 0 Å². The van der Waals surface area contributed by atoms with E-state index in [4.69, 9.17) is 4.74 Å². The number of aryl methyl sites for hydroxylation is 1. The number of aromatic nitrogens is 2. The van der Waals surface area contributed by atoms with Crippen LogP contribution in [0.3, 0.4) is 0 Å². The lowest BCUT2D eigenvalue weighted by Gasteiger charge is -2.09. The van der Waals surface area contributed by atoms with Crippen LogP contribution in [0, 0.1) is 6.92 Å². The van der Waals surface area contributed by atoms with Gasteiger partial charge in [-0.1, -0.05) is 17.8 Å². The Hall–Kier alpha value is -2.43. The minimum Gasteiger partial charge on any atom is -0.462 e. The van der Waals surface area contributed by atoms with Gasteiger partial charge >= 0.3 is 5.97 Å². The third-order valence-electron chi connectivity index (χ3n) is 3.82. The third-order valence-corrected chi connectivity index (χ3v) is 6.82. The van der Waals surface area contributed by atoms with Crippen molar-refractivity contribution in [2.75, 3.05) is 17.7 Å². The standard InChI is InChI=1S/C19H19N3O4S3/c1-4-7-22-17(24)16-12(6-8-27-16)20-19(22)28-10-13(23)21-14-9-11(3)15(29-14)18(25)26-5-2/h4,6,8-9H,1,5,7,10H2,2-3H3,(H,21,23). The van der Waals surface area contributed by atoms with Gasteiger partial charge < -0.3 is 10.1 Å². The Morgan fingerprint density at radius 2 is 2.24 bits per heavy atom.